The molecule has 3 rings (SSSR count). The van der Waals surface area contributed by atoms with Gasteiger partial charge in [-0.1, -0.05) is 39.0 Å². The molecule has 0 radical (unpaired) electrons. The van der Waals surface area contributed by atoms with Crippen molar-refractivity contribution in [2.45, 2.75) is 109 Å². The Hall–Kier alpha value is -0.180. The highest BCUT2D eigenvalue weighted by atomic mass is 19.2. The largest absolute Gasteiger partial charge is 0.375 e. The van der Waals surface area contributed by atoms with Gasteiger partial charge in [-0.3, -0.25) is 0 Å². The van der Waals surface area contributed by atoms with Gasteiger partial charge in [0, 0.05) is 6.61 Å². The number of hydrogen-bond donors (Lipinski definition) is 0. The third-order valence-corrected chi connectivity index (χ3v) is 7.88. The molecular formula is C23H40F2O. The molecular weight excluding hydrogens is 330 g/mol. The summed E-state index contributed by atoms with van der Waals surface area (Å²) in [4.78, 5) is 0. The number of ether oxygens (including phenoxy) is 1. The molecule has 26 heavy (non-hydrogen) atoms. The van der Waals surface area contributed by atoms with Crippen LogP contribution in [0.1, 0.15) is 90.9 Å². The first-order valence-electron chi connectivity index (χ1n) is 11.5. The van der Waals surface area contributed by atoms with E-state index < -0.39 is 18.4 Å². The fourth-order valence-corrected chi connectivity index (χ4v) is 6.01. The van der Waals surface area contributed by atoms with Crippen LogP contribution in [0.25, 0.3) is 0 Å². The van der Waals surface area contributed by atoms with Gasteiger partial charge in [-0.2, -0.15) is 0 Å². The summed E-state index contributed by atoms with van der Waals surface area (Å²) in [7, 11) is 0. The van der Waals surface area contributed by atoms with Gasteiger partial charge in [-0.15, -0.1) is 0 Å². The fraction of sp³-hybridized carbons (Fsp3) is 1.00. The van der Waals surface area contributed by atoms with Gasteiger partial charge in [0.1, 0.15) is 6.17 Å². The third kappa shape index (κ3) is 5.20. The molecule has 0 aliphatic heterocycles. The molecule has 0 heterocycles. The van der Waals surface area contributed by atoms with Gasteiger partial charge in [0.15, 0.2) is 6.17 Å². The van der Waals surface area contributed by atoms with Crippen molar-refractivity contribution in [3.63, 3.8) is 0 Å². The van der Waals surface area contributed by atoms with E-state index in [0.717, 1.165) is 42.9 Å². The first kappa shape index (κ1) is 20.6. The lowest BCUT2D eigenvalue weighted by Gasteiger charge is -2.38. The standard InChI is InChI=1S/C23H40F2O/c1-3-26-21-15-14-20(22(24)23(21)25)13-8-17-6-11-19(12-7-17)18-9-4-16(2)5-10-18/h16-23H,3-15H2,1-2H3. The van der Waals surface area contributed by atoms with Gasteiger partial charge >= 0.3 is 0 Å². The maximum Gasteiger partial charge on any atom is 0.157 e. The summed E-state index contributed by atoms with van der Waals surface area (Å²) < 4.78 is 34.0. The Morgan fingerprint density at radius 2 is 1.35 bits per heavy atom. The zero-order valence-electron chi connectivity index (χ0n) is 17.0. The van der Waals surface area contributed by atoms with Gasteiger partial charge in [0.2, 0.25) is 0 Å². The molecule has 4 atom stereocenters. The monoisotopic (exact) mass is 370 g/mol. The van der Waals surface area contributed by atoms with Gasteiger partial charge in [0.05, 0.1) is 6.10 Å². The van der Waals surface area contributed by atoms with Crippen molar-refractivity contribution >= 4 is 0 Å². The number of halogens is 2. The molecule has 0 saturated heterocycles. The summed E-state index contributed by atoms with van der Waals surface area (Å²) in [5.74, 6) is 3.53. The second-order valence-corrected chi connectivity index (χ2v) is 9.60. The molecule has 3 aliphatic rings. The minimum Gasteiger partial charge on any atom is -0.375 e. The van der Waals surface area contributed by atoms with Crippen molar-refractivity contribution < 1.29 is 13.5 Å². The Morgan fingerprint density at radius 1 is 0.731 bits per heavy atom. The molecule has 152 valence electrons. The van der Waals surface area contributed by atoms with E-state index >= 15 is 0 Å². The molecule has 3 fully saturated rings. The smallest absolute Gasteiger partial charge is 0.157 e. The van der Waals surface area contributed by atoms with Crippen LogP contribution in [0.2, 0.25) is 0 Å². The van der Waals surface area contributed by atoms with Crippen molar-refractivity contribution in [3.05, 3.63) is 0 Å². The summed E-state index contributed by atoms with van der Waals surface area (Å²) >= 11 is 0. The summed E-state index contributed by atoms with van der Waals surface area (Å²) in [5, 5.41) is 0. The fourth-order valence-electron chi connectivity index (χ4n) is 6.01. The number of rotatable bonds is 6. The lowest BCUT2D eigenvalue weighted by Crippen LogP contribution is -2.43. The lowest BCUT2D eigenvalue weighted by molar-refractivity contribution is -0.0728. The summed E-state index contributed by atoms with van der Waals surface area (Å²) in [6.07, 6.45) is 11.4. The van der Waals surface area contributed by atoms with Crippen LogP contribution in [0.4, 0.5) is 8.78 Å². The van der Waals surface area contributed by atoms with Gasteiger partial charge in [0.25, 0.3) is 0 Å². The predicted octanol–water partition coefficient (Wildman–Crippen LogP) is 6.89. The quantitative estimate of drug-likeness (QED) is 0.494. The molecule has 3 aliphatic carbocycles. The van der Waals surface area contributed by atoms with Crippen LogP contribution in [0, 0.1) is 29.6 Å². The highest BCUT2D eigenvalue weighted by molar-refractivity contribution is 4.89. The normalized spacial score (nSPS) is 44.8. The van der Waals surface area contributed by atoms with Crippen molar-refractivity contribution in [2.24, 2.45) is 29.6 Å². The second kappa shape index (κ2) is 9.85. The molecule has 0 spiro atoms. The van der Waals surface area contributed by atoms with Crippen molar-refractivity contribution in [1.82, 2.24) is 0 Å². The van der Waals surface area contributed by atoms with Gasteiger partial charge in [-0.05, 0) is 81.5 Å². The van der Waals surface area contributed by atoms with Crippen LogP contribution in [0.15, 0.2) is 0 Å². The minimum atomic E-state index is -1.42. The van der Waals surface area contributed by atoms with Crippen molar-refractivity contribution in [1.29, 1.82) is 0 Å². The summed E-state index contributed by atoms with van der Waals surface area (Å²) in [6, 6.07) is 0. The number of hydrogen-bond acceptors (Lipinski definition) is 1. The zero-order chi connectivity index (χ0) is 18.5. The van der Waals surface area contributed by atoms with Crippen LogP contribution >= 0.6 is 0 Å². The van der Waals surface area contributed by atoms with E-state index in [2.05, 4.69) is 6.92 Å². The summed E-state index contributed by atoms with van der Waals surface area (Å²) in [5.41, 5.74) is 0. The molecule has 0 bridgehead atoms. The van der Waals surface area contributed by atoms with Crippen LogP contribution in [-0.2, 0) is 4.74 Å². The molecule has 0 amide bonds. The third-order valence-electron chi connectivity index (χ3n) is 7.88. The maximum atomic E-state index is 14.5. The SMILES string of the molecule is CCOC1CCC(CCC2CCC(C3CCC(C)CC3)CC2)C(F)C1F. The number of alkyl halides is 2. The average molecular weight is 371 g/mol. The van der Waals surface area contributed by atoms with Crippen LogP contribution in [0.3, 0.4) is 0 Å². The molecule has 3 heteroatoms. The molecule has 3 saturated carbocycles. The highest BCUT2D eigenvalue weighted by Gasteiger charge is 2.40. The minimum absolute atomic E-state index is 0.0840. The lowest BCUT2D eigenvalue weighted by atomic mass is 9.68. The molecule has 4 unspecified atom stereocenters. The average Bonchev–Trinajstić information content (AvgIpc) is 2.66. The van der Waals surface area contributed by atoms with E-state index in [1.165, 1.54) is 51.4 Å². The Kier molecular flexibility index (Phi) is 7.78. The Bertz CT molecular complexity index is 399. The van der Waals surface area contributed by atoms with Crippen LogP contribution < -0.4 is 0 Å². The van der Waals surface area contributed by atoms with E-state index in [-0.39, 0.29) is 5.92 Å². The maximum absolute atomic E-state index is 14.5. The topological polar surface area (TPSA) is 9.23 Å². The second-order valence-electron chi connectivity index (χ2n) is 9.60. The Morgan fingerprint density at radius 3 is 1.96 bits per heavy atom. The zero-order valence-corrected chi connectivity index (χ0v) is 17.0. The van der Waals surface area contributed by atoms with E-state index in [1.807, 2.05) is 6.92 Å². The van der Waals surface area contributed by atoms with E-state index in [0.29, 0.717) is 13.0 Å². The van der Waals surface area contributed by atoms with Crippen molar-refractivity contribution in [2.75, 3.05) is 6.61 Å². The van der Waals surface area contributed by atoms with Crippen LogP contribution in [0.5, 0.6) is 0 Å². The van der Waals surface area contributed by atoms with Crippen molar-refractivity contribution in [3.8, 4) is 0 Å². The van der Waals surface area contributed by atoms with E-state index in [1.54, 1.807) is 0 Å². The van der Waals surface area contributed by atoms with Gasteiger partial charge < -0.3 is 4.74 Å². The molecule has 0 aromatic heterocycles. The molecule has 0 N–H and O–H groups in total. The highest BCUT2D eigenvalue weighted by Crippen LogP contribution is 2.43. The van der Waals surface area contributed by atoms with Crippen LogP contribution in [-0.4, -0.2) is 25.1 Å². The Balaban J connectivity index is 1.36. The Labute approximate surface area is 159 Å². The first-order valence-corrected chi connectivity index (χ1v) is 11.5. The molecule has 1 nitrogen and oxygen atoms in total. The molecule has 0 aromatic rings. The molecule has 0 aromatic carbocycles. The predicted molar refractivity (Wildman–Crippen MR) is 104 cm³/mol. The summed E-state index contributed by atoms with van der Waals surface area (Å²) in [6.45, 7) is 4.73. The van der Waals surface area contributed by atoms with E-state index in [9.17, 15) is 8.78 Å². The van der Waals surface area contributed by atoms with Gasteiger partial charge in [-0.25, -0.2) is 8.78 Å². The van der Waals surface area contributed by atoms with E-state index in [4.69, 9.17) is 4.74 Å². The first-order chi connectivity index (χ1) is 12.6.